The number of pyridine rings is 2. The molecule has 4 rings (SSSR count). The number of benzene rings is 1. The van der Waals surface area contributed by atoms with Gasteiger partial charge in [0, 0.05) is 30.2 Å². The first kappa shape index (κ1) is 16.1. The summed E-state index contributed by atoms with van der Waals surface area (Å²) in [5, 5.41) is 1.31. The summed E-state index contributed by atoms with van der Waals surface area (Å²) in [6.07, 6.45) is 1.75. The zero-order chi connectivity index (χ0) is 17.2. The fourth-order valence-corrected chi connectivity index (χ4v) is 3.34. The van der Waals surface area contributed by atoms with E-state index in [1.165, 1.54) is 0 Å². The molecule has 1 aliphatic heterocycles. The fraction of sp³-hybridized carbons (Fsp3) is 0.263. The third kappa shape index (κ3) is 3.13. The summed E-state index contributed by atoms with van der Waals surface area (Å²) in [4.78, 5) is 11.2. The fourth-order valence-electron chi connectivity index (χ4n) is 3.09. The lowest BCUT2D eigenvalue weighted by atomic mass is 10.1. The highest BCUT2D eigenvalue weighted by atomic mass is 35.5. The van der Waals surface area contributed by atoms with Crippen LogP contribution in [-0.4, -0.2) is 43.4 Å². The lowest BCUT2D eigenvalue weighted by Gasteiger charge is -2.30. The molecule has 3 aromatic rings. The minimum Gasteiger partial charge on any atom is -0.495 e. The van der Waals surface area contributed by atoms with E-state index in [1.807, 2.05) is 30.3 Å². The van der Waals surface area contributed by atoms with Gasteiger partial charge in [-0.15, -0.1) is 0 Å². The number of anilines is 1. The van der Waals surface area contributed by atoms with Crippen LogP contribution < -0.4 is 9.64 Å². The Morgan fingerprint density at radius 2 is 2.00 bits per heavy atom. The molecule has 0 amide bonds. The maximum atomic E-state index is 6.33. The van der Waals surface area contributed by atoms with Gasteiger partial charge < -0.3 is 14.4 Å². The average Bonchev–Trinajstić information content (AvgIpc) is 2.68. The van der Waals surface area contributed by atoms with Crippen molar-refractivity contribution in [3.63, 3.8) is 0 Å². The van der Waals surface area contributed by atoms with Crippen LogP contribution in [0, 0.1) is 0 Å². The standard InChI is InChI=1S/C19H18ClN3O2/c1-24-18-11-13(4-5-17(18)23-7-9-25-10-8-23)15-12-16-14(19(20)22-15)3-2-6-21-16/h2-6,11-12H,7-10H2,1H3. The lowest BCUT2D eigenvalue weighted by molar-refractivity contribution is 0.122. The molecule has 1 saturated heterocycles. The molecule has 0 bridgehead atoms. The van der Waals surface area contributed by atoms with E-state index in [0.29, 0.717) is 5.15 Å². The van der Waals surface area contributed by atoms with Gasteiger partial charge in [-0.25, -0.2) is 4.98 Å². The van der Waals surface area contributed by atoms with Gasteiger partial charge in [-0.1, -0.05) is 17.7 Å². The molecule has 2 aromatic heterocycles. The normalized spacial score (nSPS) is 14.7. The molecule has 6 heteroatoms. The number of nitrogens with zero attached hydrogens (tertiary/aromatic N) is 3. The van der Waals surface area contributed by atoms with Gasteiger partial charge in [0.15, 0.2) is 0 Å². The van der Waals surface area contributed by atoms with Gasteiger partial charge >= 0.3 is 0 Å². The molecular weight excluding hydrogens is 338 g/mol. The molecule has 128 valence electrons. The minimum absolute atomic E-state index is 0.455. The molecule has 0 saturated carbocycles. The molecule has 0 radical (unpaired) electrons. The Hall–Kier alpha value is -2.37. The molecule has 25 heavy (non-hydrogen) atoms. The van der Waals surface area contributed by atoms with E-state index in [1.54, 1.807) is 13.3 Å². The molecular formula is C19H18ClN3O2. The summed E-state index contributed by atoms with van der Waals surface area (Å²) in [6, 6.07) is 11.8. The smallest absolute Gasteiger partial charge is 0.142 e. The SMILES string of the molecule is COc1cc(-c2cc3ncccc3c(Cl)n2)ccc1N1CCOCC1. The molecule has 3 heterocycles. The highest BCUT2D eigenvalue weighted by Crippen LogP contribution is 2.34. The zero-order valence-corrected chi connectivity index (χ0v) is 14.7. The van der Waals surface area contributed by atoms with Crippen LogP contribution in [0.2, 0.25) is 5.15 Å². The van der Waals surface area contributed by atoms with Crippen LogP contribution in [0.4, 0.5) is 5.69 Å². The van der Waals surface area contributed by atoms with Gasteiger partial charge in [0.1, 0.15) is 10.9 Å². The Labute approximate surface area is 151 Å². The number of hydrogen-bond acceptors (Lipinski definition) is 5. The minimum atomic E-state index is 0.455. The van der Waals surface area contributed by atoms with Crippen molar-refractivity contribution >= 4 is 28.2 Å². The first-order chi connectivity index (χ1) is 12.3. The van der Waals surface area contributed by atoms with Crippen molar-refractivity contribution in [1.82, 2.24) is 9.97 Å². The van der Waals surface area contributed by atoms with E-state index in [4.69, 9.17) is 21.1 Å². The molecule has 0 spiro atoms. The maximum Gasteiger partial charge on any atom is 0.142 e. The first-order valence-corrected chi connectivity index (χ1v) is 8.56. The monoisotopic (exact) mass is 355 g/mol. The van der Waals surface area contributed by atoms with Crippen molar-refractivity contribution < 1.29 is 9.47 Å². The van der Waals surface area contributed by atoms with Crippen molar-refractivity contribution in [3.05, 3.63) is 47.7 Å². The molecule has 0 N–H and O–H groups in total. The Morgan fingerprint density at radius 1 is 1.16 bits per heavy atom. The molecule has 0 atom stereocenters. The number of aromatic nitrogens is 2. The third-order valence-corrected chi connectivity index (χ3v) is 4.67. The number of morpholine rings is 1. The van der Waals surface area contributed by atoms with Crippen LogP contribution >= 0.6 is 11.6 Å². The number of rotatable bonds is 3. The molecule has 5 nitrogen and oxygen atoms in total. The van der Waals surface area contributed by atoms with Gasteiger partial charge in [-0.2, -0.15) is 0 Å². The van der Waals surface area contributed by atoms with Crippen LogP contribution in [0.5, 0.6) is 5.75 Å². The molecule has 0 unspecified atom stereocenters. The summed E-state index contributed by atoms with van der Waals surface area (Å²) in [5.74, 6) is 0.818. The van der Waals surface area contributed by atoms with E-state index in [-0.39, 0.29) is 0 Å². The number of fused-ring (bicyclic) bond motifs is 1. The quantitative estimate of drug-likeness (QED) is 0.669. The van der Waals surface area contributed by atoms with Crippen molar-refractivity contribution in [2.45, 2.75) is 0 Å². The predicted molar refractivity (Wildman–Crippen MR) is 99.6 cm³/mol. The summed E-state index contributed by atoms with van der Waals surface area (Å²) in [6.45, 7) is 3.19. The summed E-state index contributed by atoms with van der Waals surface area (Å²) < 4.78 is 11.0. The van der Waals surface area contributed by atoms with Gasteiger partial charge in [0.25, 0.3) is 0 Å². The van der Waals surface area contributed by atoms with Gasteiger partial charge in [-0.05, 0) is 30.3 Å². The van der Waals surface area contributed by atoms with Crippen LogP contribution in [0.1, 0.15) is 0 Å². The van der Waals surface area contributed by atoms with E-state index < -0.39 is 0 Å². The molecule has 0 aliphatic carbocycles. The first-order valence-electron chi connectivity index (χ1n) is 8.18. The third-order valence-electron chi connectivity index (χ3n) is 4.38. The van der Waals surface area contributed by atoms with Crippen LogP contribution in [0.25, 0.3) is 22.2 Å². The molecule has 1 fully saturated rings. The van der Waals surface area contributed by atoms with Crippen LogP contribution in [-0.2, 0) is 4.74 Å². The highest BCUT2D eigenvalue weighted by molar-refractivity contribution is 6.34. The zero-order valence-electron chi connectivity index (χ0n) is 13.9. The van der Waals surface area contributed by atoms with E-state index >= 15 is 0 Å². The number of halogens is 1. The second-order valence-corrected chi connectivity index (χ2v) is 6.21. The Morgan fingerprint density at radius 3 is 2.80 bits per heavy atom. The summed E-state index contributed by atoms with van der Waals surface area (Å²) in [7, 11) is 1.69. The van der Waals surface area contributed by atoms with Gasteiger partial charge in [-0.3, -0.25) is 4.98 Å². The highest BCUT2D eigenvalue weighted by Gasteiger charge is 2.17. The molecule has 1 aliphatic rings. The Balaban J connectivity index is 1.75. The second kappa shape index (κ2) is 6.86. The van der Waals surface area contributed by atoms with Crippen molar-refractivity contribution in [3.8, 4) is 17.0 Å². The van der Waals surface area contributed by atoms with Gasteiger partial charge in [0.2, 0.25) is 0 Å². The number of hydrogen-bond donors (Lipinski definition) is 0. The number of methoxy groups -OCH3 is 1. The topological polar surface area (TPSA) is 47.5 Å². The summed E-state index contributed by atoms with van der Waals surface area (Å²) >= 11 is 6.33. The second-order valence-electron chi connectivity index (χ2n) is 5.85. The predicted octanol–water partition coefficient (Wildman–Crippen LogP) is 3.80. The largest absolute Gasteiger partial charge is 0.495 e. The van der Waals surface area contributed by atoms with Crippen LogP contribution in [0.15, 0.2) is 42.6 Å². The van der Waals surface area contributed by atoms with E-state index in [0.717, 1.165) is 59.9 Å². The lowest BCUT2D eigenvalue weighted by Crippen LogP contribution is -2.36. The van der Waals surface area contributed by atoms with Crippen molar-refractivity contribution in [2.24, 2.45) is 0 Å². The number of ether oxygens (including phenoxy) is 2. The average molecular weight is 356 g/mol. The van der Waals surface area contributed by atoms with Gasteiger partial charge in [0.05, 0.1) is 37.2 Å². The molecule has 1 aromatic carbocycles. The van der Waals surface area contributed by atoms with E-state index in [9.17, 15) is 0 Å². The van der Waals surface area contributed by atoms with Crippen LogP contribution in [0.3, 0.4) is 0 Å². The van der Waals surface area contributed by atoms with Crippen molar-refractivity contribution in [2.75, 3.05) is 38.3 Å². The Bertz CT molecular complexity index is 910. The summed E-state index contributed by atoms with van der Waals surface area (Å²) in [5.41, 5.74) is 3.62. The van der Waals surface area contributed by atoms with E-state index in [2.05, 4.69) is 20.9 Å². The maximum absolute atomic E-state index is 6.33. The van der Waals surface area contributed by atoms with Crippen molar-refractivity contribution in [1.29, 1.82) is 0 Å². The Kier molecular flexibility index (Phi) is 4.42.